The summed E-state index contributed by atoms with van der Waals surface area (Å²) in [6.45, 7) is 7.59. The fraction of sp³-hybridized carbons (Fsp3) is 0.440. The van der Waals surface area contributed by atoms with Crippen LogP contribution in [0, 0.1) is 23.7 Å². The second-order valence-corrected chi connectivity index (χ2v) is 8.13. The second-order valence-electron chi connectivity index (χ2n) is 8.13. The van der Waals surface area contributed by atoms with Crippen LogP contribution in [-0.4, -0.2) is 12.7 Å². The van der Waals surface area contributed by atoms with Crippen molar-refractivity contribution in [2.24, 2.45) is 11.8 Å². The molecule has 0 heterocycles. The molecule has 1 aliphatic rings. The molecule has 0 amide bonds. The summed E-state index contributed by atoms with van der Waals surface area (Å²) < 4.78 is 6.32. The van der Waals surface area contributed by atoms with Crippen molar-refractivity contribution in [1.29, 1.82) is 0 Å². The number of hydrogen-bond donors (Lipinski definition) is 0. The van der Waals surface area contributed by atoms with Crippen LogP contribution in [0.15, 0.2) is 60.7 Å². The summed E-state index contributed by atoms with van der Waals surface area (Å²) in [5.74, 6) is 7.66. The van der Waals surface area contributed by atoms with Crippen LogP contribution in [0.25, 0.3) is 0 Å². The highest BCUT2D eigenvalue weighted by atomic mass is 16.5. The molecule has 2 aromatic rings. The third-order valence-electron chi connectivity index (χ3n) is 5.87. The number of benzene rings is 2. The van der Waals surface area contributed by atoms with Crippen molar-refractivity contribution < 1.29 is 4.74 Å². The van der Waals surface area contributed by atoms with E-state index in [1.54, 1.807) is 0 Å². The summed E-state index contributed by atoms with van der Waals surface area (Å²) in [4.78, 5) is 0. The lowest BCUT2D eigenvalue weighted by molar-refractivity contribution is -0.0328. The van der Waals surface area contributed by atoms with E-state index in [-0.39, 0.29) is 11.5 Å². The first-order chi connectivity index (χ1) is 12.6. The smallest absolute Gasteiger partial charge is 0.108 e. The van der Waals surface area contributed by atoms with Gasteiger partial charge in [-0.2, -0.15) is 0 Å². The van der Waals surface area contributed by atoms with Crippen molar-refractivity contribution in [3.63, 3.8) is 0 Å². The minimum Gasteiger partial charge on any atom is -0.365 e. The molecule has 1 aliphatic carbocycles. The molecular weight excluding hydrogens is 316 g/mol. The zero-order valence-electron chi connectivity index (χ0n) is 16.2. The Labute approximate surface area is 158 Å². The normalized spacial score (nSPS) is 23.1. The summed E-state index contributed by atoms with van der Waals surface area (Å²) in [7, 11) is 0. The first-order valence-electron chi connectivity index (χ1n) is 9.78. The maximum Gasteiger partial charge on any atom is 0.108 e. The molecule has 1 fully saturated rings. The molecule has 3 atom stereocenters. The van der Waals surface area contributed by atoms with Gasteiger partial charge in [-0.15, -0.1) is 0 Å². The molecule has 2 aromatic carbocycles. The Balaban J connectivity index is 1.69. The first kappa shape index (κ1) is 18.7. The Morgan fingerprint density at radius 2 is 1.62 bits per heavy atom. The molecule has 0 spiro atoms. The Kier molecular flexibility index (Phi) is 6.17. The van der Waals surface area contributed by atoms with Crippen LogP contribution in [0.1, 0.15) is 51.2 Å². The Hall–Kier alpha value is -2.04. The topological polar surface area (TPSA) is 9.23 Å². The molecule has 136 valence electrons. The number of rotatable bonds is 4. The van der Waals surface area contributed by atoms with Crippen LogP contribution in [0.5, 0.6) is 0 Å². The molecule has 0 radical (unpaired) electrons. The van der Waals surface area contributed by atoms with Gasteiger partial charge in [0.1, 0.15) is 6.61 Å². The van der Waals surface area contributed by atoms with E-state index in [0.717, 1.165) is 17.9 Å². The highest BCUT2D eigenvalue weighted by Gasteiger charge is 2.40. The highest BCUT2D eigenvalue weighted by Crippen LogP contribution is 2.43. The molecule has 0 N–H and O–H groups in total. The lowest BCUT2D eigenvalue weighted by Crippen LogP contribution is -2.42. The van der Waals surface area contributed by atoms with E-state index in [9.17, 15) is 0 Å². The van der Waals surface area contributed by atoms with Gasteiger partial charge < -0.3 is 4.74 Å². The van der Waals surface area contributed by atoms with Crippen LogP contribution < -0.4 is 0 Å². The minimum absolute atomic E-state index is 0.110. The SMILES string of the molecule is C[C@@H]1CC[C@@H](C(C)(C)c2ccccc2)[C@H](OCC#Cc2ccccc2)C1. The average molecular weight is 347 g/mol. The lowest BCUT2D eigenvalue weighted by Gasteiger charge is -2.44. The van der Waals surface area contributed by atoms with Crippen molar-refractivity contribution in [3.8, 4) is 11.8 Å². The van der Waals surface area contributed by atoms with Gasteiger partial charge in [-0.05, 0) is 47.8 Å². The molecule has 0 aromatic heterocycles. The van der Waals surface area contributed by atoms with Crippen LogP contribution >= 0.6 is 0 Å². The molecule has 0 bridgehead atoms. The van der Waals surface area contributed by atoms with Gasteiger partial charge in [0.25, 0.3) is 0 Å². The van der Waals surface area contributed by atoms with E-state index in [4.69, 9.17) is 4.74 Å². The highest BCUT2D eigenvalue weighted by molar-refractivity contribution is 5.33. The van der Waals surface area contributed by atoms with E-state index < -0.39 is 0 Å². The van der Waals surface area contributed by atoms with Crippen molar-refractivity contribution in [2.75, 3.05) is 6.61 Å². The zero-order valence-corrected chi connectivity index (χ0v) is 16.2. The third kappa shape index (κ3) is 4.57. The van der Waals surface area contributed by atoms with E-state index in [1.165, 1.54) is 18.4 Å². The van der Waals surface area contributed by atoms with Crippen molar-refractivity contribution >= 4 is 0 Å². The summed E-state index contributed by atoms with van der Waals surface area (Å²) >= 11 is 0. The monoisotopic (exact) mass is 346 g/mol. The fourth-order valence-corrected chi connectivity index (χ4v) is 4.23. The van der Waals surface area contributed by atoms with E-state index in [1.807, 2.05) is 30.3 Å². The quantitative estimate of drug-likeness (QED) is 0.632. The second kappa shape index (κ2) is 8.56. The molecule has 1 nitrogen and oxygen atoms in total. The van der Waals surface area contributed by atoms with Gasteiger partial charge in [0.2, 0.25) is 0 Å². The zero-order chi connectivity index (χ0) is 18.4. The molecule has 1 saturated carbocycles. The van der Waals surface area contributed by atoms with Gasteiger partial charge >= 0.3 is 0 Å². The molecule has 3 rings (SSSR count). The molecule has 26 heavy (non-hydrogen) atoms. The summed E-state index contributed by atoms with van der Waals surface area (Å²) in [5.41, 5.74) is 2.57. The van der Waals surface area contributed by atoms with Gasteiger partial charge in [-0.3, -0.25) is 0 Å². The number of hydrogen-bond acceptors (Lipinski definition) is 1. The van der Waals surface area contributed by atoms with Gasteiger partial charge in [0.05, 0.1) is 6.10 Å². The van der Waals surface area contributed by atoms with Gasteiger partial charge in [-0.25, -0.2) is 0 Å². The maximum absolute atomic E-state index is 6.32. The molecule has 0 aliphatic heterocycles. The van der Waals surface area contributed by atoms with Gasteiger partial charge in [0, 0.05) is 5.56 Å². The van der Waals surface area contributed by atoms with Crippen LogP contribution in [0.2, 0.25) is 0 Å². The number of ether oxygens (including phenoxy) is 1. The summed E-state index contributed by atoms with van der Waals surface area (Å²) in [6.07, 6.45) is 3.92. The molecule has 0 unspecified atom stereocenters. The van der Waals surface area contributed by atoms with Crippen molar-refractivity contribution in [3.05, 3.63) is 71.8 Å². The summed E-state index contributed by atoms with van der Waals surface area (Å²) in [5, 5.41) is 0. The predicted molar refractivity (Wildman–Crippen MR) is 109 cm³/mol. The van der Waals surface area contributed by atoms with Crippen molar-refractivity contribution in [2.45, 2.75) is 51.6 Å². The summed E-state index contributed by atoms with van der Waals surface area (Å²) in [6, 6.07) is 21.0. The van der Waals surface area contributed by atoms with Gasteiger partial charge in [-0.1, -0.05) is 87.6 Å². The Morgan fingerprint density at radius 3 is 2.31 bits per heavy atom. The third-order valence-corrected chi connectivity index (χ3v) is 5.87. The Bertz CT molecular complexity index is 736. The first-order valence-corrected chi connectivity index (χ1v) is 9.78. The largest absolute Gasteiger partial charge is 0.365 e. The average Bonchev–Trinajstić information content (AvgIpc) is 2.67. The van der Waals surface area contributed by atoms with Gasteiger partial charge in [0.15, 0.2) is 0 Å². The maximum atomic E-state index is 6.32. The standard InChI is InChI=1S/C25H30O/c1-20-16-17-23(25(2,3)22-14-8-5-9-15-22)24(19-20)26-18-10-13-21-11-6-4-7-12-21/h4-9,11-12,14-15,20,23-24H,16-19H2,1-3H3/t20-,23-,24-/m1/s1. The van der Waals surface area contributed by atoms with Crippen LogP contribution in [0.4, 0.5) is 0 Å². The molecule has 1 heteroatoms. The molecular formula is C25H30O. The predicted octanol–water partition coefficient (Wildman–Crippen LogP) is 5.84. The van der Waals surface area contributed by atoms with Crippen LogP contribution in [0.3, 0.4) is 0 Å². The van der Waals surface area contributed by atoms with E-state index in [2.05, 4.69) is 62.9 Å². The van der Waals surface area contributed by atoms with Crippen molar-refractivity contribution in [1.82, 2.24) is 0 Å². The Morgan fingerprint density at radius 1 is 0.962 bits per heavy atom. The van der Waals surface area contributed by atoms with Crippen LogP contribution in [-0.2, 0) is 10.2 Å². The lowest BCUT2D eigenvalue weighted by atomic mass is 9.64. The van der Waals surface area contributed by atoms with E-state index >= 15 is 0 Å². The minimum atomic E-state index is 0.110. The molecule has 0 saturated heterocycles. The fourth-order valence-electron chi connectivity index (χ4n) is 4.23. The van der Waals surface area contributed by atoms with E-state index in [0.29, 0.717) is 12.5 Å².